The number of aryl methyl sites for hydroxylation is 1. The van der Waals surface area contributed by atoms with Crippen LogP contribution in [0.3, 0.4) is 0 Å². The Bertz CT molecular complexity index is 852. The number of nitrogens with zero attached hydrogens (tertiary/aromatic N) is 3. The van der Waals surface area contributed by atoms with Crippen molar-refractivity contribution in [1.82, 2.24) is 19.9 Å². The second-order valence-electron chi connectivity index (χ2n) is 8.42. The number of nitrogens with one attached hydrogen (secondary N) is 1. The first-order chi connectivity index (χ1) is 13.3. The average Bonchev–Trinajstić information content (AvgIpc) is 2.98. The molecule has 4 rings (SSSR count). The van der Waals surface area contributed by atoms with Crippen LogP contribution in [0.15, 0.2) is 6.07 Å². The average molecular weight is 398 g/mol. The Morgan fingerprint density at radius 2 is 1.86 bits per heavy atom. The van der Waals surface area contributed by atoms with Gasteiger partial charge < -0.3 is 5.32 Å². The Morgan fingerprint density at radius 1 is 1.14 bits per heavy atom. The van der Waals surface area contributed by atoms with E-state index in [2.05, 4.69) is 22.3 Å². The van der Waals surface area contributed by atoms with Crippen molar-refractivity contribution in [3.05, 3.63) is 29.0 Å². The third kappa shape index (κ3) is 3.51. The molecule has 0 unspecified atom stereocenters. The minimum absolute atomic E-state index is 0.0321. The van der Waals surface area contributed by atoms with Gasteiger partial charge in [-0.05, 0) is 57.6 Å². The van der Waals surface area contributed by atoms with Crippen LogP contribution in [0.2, 0.25) is 0 Å². The van der Waals surface area contributed by atoms with Crippen LogP contribution in [-0.4, -0.2) is 33.9 Å². The molecule has 154 valence electrons. The molecule has 0 radical (unpaired) electrons. The molecule has 2 aromatic rings. The minimum atomic E-state index is -4.17. The molecule has 3 heterocycles. The summed E-state index contributed by atoms with van der Waals surface area (Å²) in [6.45, 7) is 5.79. The van der Waals surface area contributed by atoms with E-state index >= 15 is 4.39 Å². The monoisotopic (exact) mass is 398 g/mol. The maximum atomic E-state index is 15.2. The first-order valence-corrected chi connectivity index (χ1v) is 10.1. The number of halogens is 4. The molecule has 8 heteroatoms. The van der Waals surface area contributed by atoms with Crippen LogP contribution in [-0.2, 0) is 0 Å². The molecule has 28 heavy (non-hydrogen) atoms. The molecule has 2 atom stereocenters. The normalized spacial score (nSPS) is 29.4. The number of aromatic nitrogens is 3. The van der Waals surface area contributed by atoms with E-state index in [1.165, 1.54) is 0 Å². The van der Waals surface area contributed by atoms with Crippen molar-refractivity contribution in [1.29, 1.82) is 0 Å². The third-order valence-electron chi connectivity index (χ3n) is 6.50. The fourth-order valence-corrected chi connectivity index (χ4v) is 4.76. The Morgan fingerprint density at radius 3 is 2.50 bits per heavy atom. The molecule has 2 fully saturated rings. The summed E-state index contributed by atoms with van der Waals surface area (Å²) in [5.74, 6) is -1.41. The topological polar surface area (TPSA) is 42.2 Å². The van der Waals surface area contributed by atoms with E-state index in [9.17, 15) is 13.2 Å². The Balaban J connectivity index is 1.68. The molecule has 0 spiro atoms. The van der Waals surface area contributed by atoms with Crippen molar-refractivity contribution in [2.75, 3.05) is 13.1 Å². The van der Waals surface area contributed by atoms with Crippen LogP contribution < -0.4 is 5.32 Å². The molecule has 2 aromatic heterocycles. The number of rotatable bonds is 2. The minimum Gasteiger partial charge on any atom is -0.316 e. The van der Waals surface area contributed by atoms with E-state index in [1.807, 2.05) is 13.0 Å². The molecule has 2 aliphatic rings. The summed E-state index contributed by atoms with van der Waals surface area (Å²) in [7, 11) is 0. The van der Waals surface area contributed by atoms with E-state index in [0.717, 1.165) is 30.9 Å². The molecular formula is C20H26F4N4. The summed E-state index contributed by atoms with van der Waals surface area (Å²) in [5, 5.41) is 7.93. The molecule has 4 nitrogen and oxygen atoms in total. The van der Waals surface area contributed by atoms with Crippen molar-refractivity contribution in [2.24, 2.45) is 11.8 Å². The van der Waals surface area contributed by atoms with E-state index in [4.69, 9.17) is 0 Å². The molecule has 1 aliphatic heterocycles. The van der Waals surface area contributed by atoms with Gasteiger partial charge in [0, 0.05) is 24.1 Å². The summed E-state index contributed by atoms with van der Waals surface area (Å²) >= 11 is 0. The summed E-state index contributed by atoms with van der Waals surface area (Å²) in [4.78, 5) is 4.35. The summed E-state index contributed by atoms with van der Waals surface area (Å²) in [6.07, 6.45) is -2.46. The Kier molecular flexibility index (Phi) is 5.10. The van der Waals surface area contributed by atoms with E-state index in [-0.39, 0.29) is 36.0 Å². The second kappa shape index (κ2) is 7.28. The molecule has 1 aliphatic carbocycles. The van der Waals surface area contributed by atoms with Crippen molar-refractivity contribution < 1.29 is 17.6 Å². The van der Waals surface area contributed by atoms with Crippen molar-refractivity contribution in [3.8, 4) is 0 Å². The highest BCUT2D eigenvalue weighted by Crippen LogP contribution is 2.43. The molecule has 1 saturated heterocycles. The van der Waals surface area contributed by atoms with Gasteiger partial charge in [-0.25, -0.2) is 13.9 Å². The van der Waals surface area contributed by atoms with Gasteiger partial charge in [0.1, 0.15) is 5.69 Å². The van der Waals surface area contributed by atoms with Crippen LogP contribution in [0, 0.1) is 24.6 Å². The predicted molar refractivity (Wildman–Crippen MR) is 97.8 cm³/mol. The lowest BCUT2D eigenvalue weighted by Crippen LogP contribution is -2.35. The molecule has 0 aromatic carbocycles. The fourth-order valence-electron chi connectivity index (χ4n) is 4.76. The van der Waals surface area contributed by atoms with Crippen molar-refractivity contribution in [2.45, 2.75) is 64.0 Å². The lowest BCUT2D eigenvalue weighted by atomic mass is 9.80. The zero-order valence-electron chi connectivity index (χ0n) is 16.2. The molecule has 0 amide bonds. The van der Waals surface area contributed by atoms with Gasteiger partial charge in [0.2, 0.25) is 0 Å². The first kappa shape index (κ1) is 19.6. The van der Waals surface area contributed by atoms with E-state index in [1.54, 1.807) is 4.52 Å². The number of alkyl halides is 3. The predicted octanol–water partition coefficient (Wildman–Crippen LogP) is 4.73. The standard InChI is InChI=1S/C20H26F4N4/c1-11-7-8-25-10-15(11)16-9-12(2)26-19-17(21)18(27-28(16)19)13-3-5-14(6-4-13)20(22,23)24/h9,11,13-15,25H,3-8,10H2,1-2H3/t11-,13?,14?,15+/m0/s1. The quantitative estimate of drug-likeness (QED) is 0.744. The van der Waals surface area contributed by atoms with Gasteiger partial charge in [0.05, 0.1) is 11.6 Å². The van der Waals surface area contributed by atoms with Gasteiger partial charge in [-0.15, -0.1) is 0 Å². The molecule has 1 N–H and O–H groups in total. The SMILES string of the molecule is Cc1cc([C@@H]2CNCC[C@@H]2C)n2nc(C3CCC(C(F)(F)F)CC3)c(F)c2n1. The number of fused-ring (bicyclic) bond motifs is 1. The number of hydrogen-bond donors (Lipinski definition) is 1. The lowest BCUT2D eigenvalue weighted by molar-refractivity contribution is -0.182. The Hall–Kier alpha value is -1.70. The van der Waals surface area contributed by atoms with Gasteiger partial charge in [-0.3, -0.25) is 0 Å². The van der Waals surface area contributed by atoms with Gasteiger partial charge in [0.25, 0.3) is 0 Å². The van der Waals surface area contributed by atoms with Gasteiger partial charge >= 0.3 is 6.18 Å². The zero-order valence-corrected chi connectivity index (χ0v) is 16.2. The fraction of sp³-hybridized carbons (Fsp3) is 0.700. The van der Waals surface area contributed by atoms with Crippen LogP contribution in [0.5, 0.6) is 0 Å². The summed E-state index contributed by atoms with van der Waals surface area (Å²) in [6, 6.07) is 1.96. The number of piperidine rings is 1. The van der Waals surface area contributed by atoms with Crippen LogP contribution in [0.1, 0.15) is 67.9 Å². The maximum absolute atomic E-state index is 15.2. The van der Waals surface area contributed by atoms with Crippen molar-refractivity contribution in [3.63, 3.8) is 0 Å². The number of hydrogen-bond acceptors (Lipinski definition) is 3. The van der Waals surface area contributed by atoms with Gasteiger partial charge in [-0.1, -0.05) is 6.92 Å². The van der Waals surface area contributed by atoms with E-state index < -0.39 is 17.9 Å². The largest absolute Gasteiger partial charge is 0.391 e. The van der Waals surface area contributed by atoms with Crippen LogP contribution >= 0.6 is 0 Å². The maximum Gasteiger partial charge on any atom is 0.391 e. The van der Waals surface area contributed by atoms with Crippen LogP contribution in [0.4, 0.5) is 17.6 Å². The highest BCUT2D eigenvalue weighted by atomic mass is 19.4. The highest BCUT2D eigenvalue weighted by Gasteiger charge is 2.42. The molecular weight excluding hydrogens is 372 g/mol. The first-order valence-electron chi connectivity index (χ1n) is 10.1. The summed E-state index contributed by atoms with van der Waals surface area (Å²) in [5.41, 5.74) is 2.12. The lowest BCUT2D eigenvalue weighted by Gasteiger charge is -2.30. The smallest absolute Gasteiger partial charge is 0.316 e. The van der Waals surface area contributed by atoms with Gasteiger partial charge in [0.15, 0.2) is 11.5 Å². The van der Waals surface area contributed by atoms with Crippen molar-refractivity contribution >= 4 is 5.65 Å². The van der Waals surface area contributed by atoms with Crippen LogP contribution in [0.25, 0.3) is 5.65 Å². The zero-order chi connectivity index (χ0) is 20.1. The summed E-state index contributed by atoms with van der Waals surface area (Å²) < 4.78 is 55.6. The molecule has 1 saturated carbocycles. The second-order valence-corrected chi connectivity index (χ2v) is 8.42. The van der Waals surface area contributed by atoms with Gasteiger partial charge in [-0.2, -0.15) is 18.3 Å². The third-order valence-corrected chi connectivity index (χ3v) is 6.50. The molecule has 0 bridgehead atoms. The highest BCUT2D eigenvalue weighted by molar-refractivity contribution is 5.45. The van der Waals surface area contributed by atoms with E-state index in [0.29, 0.717) is 18.8 Å². The Labute approximate surface area is 161 Å².